The zero-order valence-electron chi connectivity index (χ0n) is 31.5. The summed E-state index contributed by atoms with van der Waals surface area (Å²) in [5.41, 5.74) is 5.06. The van der Waals surface area contributed by atoms with E-state index in [4.69, 9.17) is 43.5 Å². The number of methoxy groups -OCH3 is 3. The molecule has 56 heavy (non-hydrogen) atoms. The maximum atomic E-state index is 13.7. The fourth-order valence-electron chi connectivity index (χ4n) is 7.62. The monoisotopic (exact) mass is 772 g/mol. The summed E-state index contributed by atoms with van der Waals surface area (Å²) in [7, 11) is 6.50. The number of carboxylic acid groups (broad SMARTS) is 2. The fraction of sp³-hybridized carbons (Fsp3) is 0.366. The van der Waals surface area contributed by atoms with Crippen LogP contribution in [0.5, 0.6) is 17.2 Å². The highest BCUT2D eigenvalue weighted by molar-refractivity contribution is 6.27. The highest BCUT2D eigenvalue weighted by Crippen LogP contribution is 2.60. The summed E-state index contributed by atoms with van der Waals surface area (Å²) < 4.78 is 26.8. The van der Waals surface area contributed by atoms with Crippen molar-refractivity contribution in [3.05, 3.63) is 94.6 Å². The lowest BCUT2D eigenvalue weighted by Crippen LogP contribution is -2.41. The van der Waals surface area contributed by atoms with E-state index < -0.39 is 35.7 Å². The molecular formula is C41H44N2O13. The molecule has 2 atom stereocenters. The number of carbonyl (C=O) groups excluding carboxylic acids is 4. The molecule has 1 heterocycles. The number of hydrogen-bond acceptors (Lipinski definition) is 12. The van der Waals surface area contributed by atoms with Crippen LogP contribution in [-0.2, 0) is 38.2 Å². The van der Waals surface area contributed by atoms with Gasteiger partial charge in [-0.3, -0.25) is 19.3 Å². The van der Waals surface area contributed by atoms with Gasteiger partial charge in [-0.05, 0) is 65.9 Å². The van der Waals surface area contributed by atoms with Gasteiger partial charge in [0.25, 0.3) is 0 Å². The first kappa shape index (κ1) is 41.0. The van der Waals surface area contributed by atoms with Crippen molar-refractivity contribution < 1.29 is 62.7 Å². The van der Waals surface area contributed by atoms with Gasteiger partial charge in [0, 0.05) is 31.0 Å². The molecule has 0 radical (unpaired) electrons. The average molecular weight is 773 g/mol. The van der Waals surface area contributed by atoms with Crippen LogP contribution in [-0.4, -0.2) is 117 Å². The number of carboxylic acids is 2. The van der Waals surface area contributed by atoms with Crippen LogP contribution < -0.4 is 14.2 Å². The fourth-order valence-corrected chi connectivity index (χ4v) is 7.62. The SMILES string of the molecule is COc1cc(/C=C/C(=O)OCCCN(C)CCCOC(=O)CN2C(=O)C3C4c5ccccc5C(c5ccccc54)C3C2=O)cc(OC)c1OC.O=C(O)C(=O)O. The zero-order chi connectivity index (χ0) is 40.5. The number of esters is 2. The Morgan fingerprint density at radius 3 is 1.57 bits per heavy atom. The van der Waals surface area contributed by atoms with Crippen molar-refractivity contribution in [2.75, 3.05) is 61.2 Å². The number of imide groups is 1. The second kappa shape index (κ2) is 18.4. The third kappa shape index (κ3) is 8.84. The van der Waals surface area contributed by atoms with Gasteiger partial charge in [-0.15, -0.1) is 0 Å². The quantitative estimate of drug-likeness (QED) is 0.0748. The Morgan fingerprint density at radius 1 is 0.714 bits per heavy atom. The van der Waals surface area contributed by atoms with E-state index in [9.17, 15) is 19.2 Å². The van der Waals surface area contributed by atoms with Crippen molar-refractivity contribution in [3.63, 3.8) is 0 Å². The molecule has 4 aliphatic rings. The van der Waals surface area contributed by atoms with Crippen molar-refractivity contribution in [3.8, 4) is 17.2 Å². The summed E-state index contributed by atoms with van der Waals surface area (Å²) in [5.74, 6) is -5.33. The van der Waals surface area contributed by atoms with Crippen molar-refractivity contribution in [1.82, 2.24) is 9.80 Å². The molecule has 0 saturated carbocycles. The maximum Gasteiger partial charge on any atom is 0.414 e. The first-order valence-electron chi connectivity index (χ1n) is 17.9. The number of nitrogens with zero attached hydrogens (tertiary/aromatic N) is 2. The van der Waals surface area contributed by atoms with Gasteiger partial charge in [-0.25, -0.2) is 14.4 Å². The first-order valence-corrected chi connectivity index (χ1v) is 17.9. The van der Waals surface area contributed by atoms with Crippen LogP contribution in [0.1, 0.15) is 52.5 Å². The molecule has 0 spiro atoms. The second-order valence-corrected chi connectivity index (χ2v) is 13.3. The second-order valence-electron chi connectivity index (χ2n) is 13.3. The van der Waals surface area contributed by atoms with Gasteiger partial charge in [-0.2, -0.15) is 0 Å². The van der Waals surface area contributed by atoms with Crippen molar-refractivity contribution in [2.45, 2.75) is 24.7 Å². The molecule has 1 saturated heterocycles. The molecule has 15 nitrogen and oxygen atoms in total. The Hall–Kier alpha value is -6.22. The van der Waals surface area contributed by atoms with Crippen LogP contribution in [0.15, 0.2) is 66.7 Å². The number of rotatable bonds is 15. The Morgan fingerprint density at radius 2 is 1.16 bits per heavy atom. The average Bonchev–Trinajstić information content (AvgIpc) is 3.45. The normalized spacial score (nSPS) is 18.7. The van der Waals surface area contributed by atoms with Crippen LogP contribution in [0.2, 0.25) is 0 Å². The highest BCUT2D eigenvalue weighted by atomic mass is 16.5. The maximum absolute atomic E-state index is 13.7. The molecule has 2 N–H and O–H groups in total. The van der Waals surface area contributed by atoms with Crippen LogP contribution in [0.4, 0.5) is 0 Å². The topological polar surface area (TPSA) is 196 Å². The molecule has 3 aliphatic carbocycles. The van der Waals surface area contributed by atoms with Crippen LogP contribution >= 0.6 is 0 Å². The minimum absolute atomic E-state index is 0.162. The lowest BCUT2D eigenvalue weighted by molar-refractivity contribution is -0.159. The number of aliphatic carboxylic acids is 2. The Balaban J connectivity index is 0.000000927. The lowest BCUT2D eigenvalue weighted by atomic mass is 9.55. The van der Waals surface area contributed by atoms with Crippen LogP contribution in [0, 0.1) is 11.8 Å². The van der Waals surface area contributed by atoms with Crippen molar-refractivity contribution in [1.29, 1.82) is 0 Å². The van der Waals surface area contributed by atoms with Crippen LogP contribution in [0.25, 0.3) is 6.08 Å². The predicted octanol–water partition coefficient (Wildman–Crippen LogP) is 3.57. The van der Waals surface area contributed by atoms with E-state index in [-0.39, 0.29) is 43.4 Å². The summed E-state index contributed by atoms with van der Waals surface area (Å²) in [6, 6.07) is 19.6. The molecule has 7 rings (SSSR count). The highest BCUT2D eigenvalue weighted by Gasteiger charge is 2.61. The number of benzene rings is 3. The first-order chi connectivity index (χ1) is 26.9. The molecule has 296 valence electrons. The van der Waals surface area contributed by atoms with Gasteiger partial charge < -0.3 is 38.8 Å². The number of ether oxygens (including phenoxy) is 5. The van der Waals surface area contributed by atoms with Gasteiger partial charge in [0.2, 0.25) is 17.6 Å². The molecule has 0 aromatic heterocycles. The number of amides is 2. The zero-order valence-corrected chi connectivity index (χ0v) is 31.5. The van der Waals surface area contributed by atoms with E-state index in [1.165, 1.54) is 27.4 Å². The molecule has 1 aliphatic heterocycles. The number of likely N-dealkylation sites (tertiary alicyclic amines) is 1. The van der Waals surface area contributed by atoms with E-state index >= 15 is 0 Å². The van der Waals surface area contributed by atoms with E-state index in [0.29, 0.717) is 48.7 Å². The smallest absolute Gasteiger partial charge is 0.414 e. The summed E-state index contributed by atoms with van der Waals surface area (Å²) >= 11 is 0. The molecule has 3 aromatic carbocycles. The van der Waals surface area contributed by atoms with Gasteiger partial charge in [0.15, 0.2) is 11.5 Å². The summed E-state index contributed by atoms with van der Waals surface area (Å²) in [5, 5.41) is 14.8. The number of hydrogen-bond donors (Lipinski definition) is 2. The lowest BCUT2D eigenvalue weighted by Gasteiger charge is -2.45. The molecule has 15 heteroatoms. The molecule has 1 fully saturated rings. The van der Waals surface area contributed by atoms with E-state index in [1.807, 2.05) is 31.3 Å². The summed E-state index contributed by atoms with van der Waals surface area (Å²) in [6.07, 6.45) is 4.15. The van der Waals surface area contributed by atoms with Gasteiger partial charge in [-0.1, -0.05) is 48.5 Å². The van der Waals surface area contributed by atoms with E-state index in [1.54, 1.807) is 18.2 Å². The molecule has 2 unspecified atom stereocenters. The Kier molecular flexibility index (Phi) is 13.5. The minimum Gasteiger partial charge on any atom is -0.493 e. The van der Waals surface area contributed by atoms with Crippen molar-refractivity contribution in [2.24, 2.45) is 11.8 Å². The molecular weight excluding hydrogens is 728 g/mol. The minimum atomic E-state index is -1.82. The van der Waals surface area contributed by atoms with Gasteiger partial charge >= 0.3 is 23.9 Å². The van der Waals surface area contributed by atoms with Crippen LogP contribution in [0.3, 0.4) is 0 Å². The largest absolute Gasteiger partial charge is 0.493 e. The number of carbonyl (C=O) groups is 6. The standard InChI is InChI=1S/C39H42N2O9.C2H2O4/c1-40(17-9-19-49-31(42)16-15-24-21-29(46-2)37(48-4)30(22-24)47-3)18-10-20-50-32(43)23-41-38(44)35-33-25-11-5-6-12-26(25)34(36(35)39(41)45)28-14-8-7-13-27(28)33;3-1(4)2(5)6/h5-8,11-16,21-22,33-36H,9-10,17-20,23H2,1-4H3;(H,3,4)(H,5,6)/b16-15+;. The van der Waals surface area contributed by atoms with E-state index in [2.05, 4.69) is 29.2 Å². The van der Waals surface area contributed by atoms with E-state index in [0.717, 1.165) is 27.2 Å². The third-order valence-corrected chi connectivity index (χ3v) is 9.98. The summed E-state index contributed by atoms with van der Waals surface area (Å²) in [6.45, 7) is 1.34. The Bertz CT molecular complexity index is 1860. The molecule has 3 aromatic rings. The van der Waals surface area contributed by atoms with Gasteiger partial charge in [0.05, 0.1) is 46.4 Å². The van der Waals surface area contributed by atoms with Crippen molar-refractivity contribution >= 4 is 41.8 Å². The summed E-state index contributed by atoms with van der Waals surface area (Å²) in [4.78, 5) is 73.8. The molecule has 2 bridgehead atoms. The Labute approximate surface area is 323 Å². The third-order valence-electron chi connectivity index (χ3n) is 9.98. The van der Waals surface area contributed by atoms with Gasteiger partial charge in [0.1, 0.15) is 6.54 Å². The predicted molar refractivity (Wildman–Crippen MR) is 199 cm³/mol. The molecule has 2 amide bonds.